The summed E-state index contributed by atoms with van der Waals surface area (Å²) in [5.74, 6) is 0.293. The summed E-state index contributed by atoms with van der Waals surface area (Å²) in [5, 5.41) is 13.9. The van der Waals surface area contributed by atoms with E-state index in [1.165, 1.54) is 18.2 Å². The third-order valence-corrected chi connectivity index (χ3v) is 2.55. The number of fused-ring (bicyclic) bond motifs is 1. The lowest BCUT2D eigenvalue weighted by Crippen LogP contribution is -1.77. The molecule has 4 heteroatoms. The zero-order chi connectivity index (χ0) is 11.8. The van der Waals surface area contributed by atoms with Gasteiger partial charge >= 0.3 is 0 Å². The predicted molar refractivity (Wildman–Crippen MR) is 61.1 cm³/mol. The first kappa shape index (κ1) is 9.84. The summed E-state index contributed by atoms with van der Waals surface area (Å²) in [7, 11) is 0. The van der Waals surface area contributed by atoms with Crippen molar-refractivity contribution < 1.29 is 14.0 Å². The molecule has 1 N–H and O–H groups in total. The molecule has 0 fully saturated rings. The third-order valence-electron chi connectivity index (χ3n) is 2.55. The van der Waals surface area contributed by atoms with Crippen LogP contribution in [0.4, 0.5) is 4.39 Å². The molecule has 0 amide bonds. The normalized spacial score (nSPS) is 10.9. The van der Waals surface area contributed by atoms with E-state index in [4.69, 9.17) is 4.52 Å². The first-order valence-corrected chi connectivity index (χ1v) is 5.08. The molecule has 0 unspecified atom stereocenters. The zero-order valence-corrected chi connectivity index (χ0v) is 8.72. The van der Waals surface area contributed by atoms with Crippen LogP contribution < -0.4 is 0 Å². The van der Waals surface area contributed by atoms with Crippen LogP contribution in [-0.2, 0) is 0 Å². The van der Waals surface area contributed by atoms with Gasteiger partial charge in [0.25, 0.3) is 0 Å². The number of benzene rings is 2. The van der Waals surface area contributed by atoms with Crippen LogP contribution in [0.1, 0.15) is 0 Å². The number of hydrogen-bond acceptors (Lipinski definition) is 3. The summed E-state index contributed by atoms with van der Waals surface area (Å²) in [5.41, 5.74) is 1.17. The highest BCUT2D eigenvalue weighted by Gasteiger charge is 2.11. The van der Waals surface area contributed by atoms with Crippen molar-refractivity contribution in [3.8, 4) is 17.1 Å². The lowest BCUT2D eigenvalue weighted by Gasteiger charge is -1.96. The molecule has 3 aromatic rings. The van der Waals surface area contributed by atoms with Crippen molar-refractivity contribution in [1.29, 1.82) is 0 Å². The van der Waals surface area contributed by atoms with Crippen LogP contribution in [0.25, 0.3) is 22.2 Å². The minimum Gasteiger partial charge on any atom is -0.508 e. The average molecular weight is 229 g/mol. The number of aromatic hydroxyl groups is 1. The quantitative estimate of drug-likeness (QED) is 0.696. The van der Waals surface area contributed by atoms with E-state index in [-0.39, 0.29) is 11.6 Å². The van der Waals surface area contributed by atoms with E-state index in [0.29, 0.717) is 16.8 Å². The average Bonchev–Trinajstić information content (AvgIpc) is 2.71. The molecule has 0 saturated heterocycles. The van der Waals surface area contributed by atoms with Crippen LogP contribution in [0.2, 0.25) is 0 Å². The number of aromatic nitrogens is 1. The third kappa shape index (κ3) is 1.63. The highest BCUT2D eigenvalue weighted by molar-refractivity contribution is 5.92. The lowest BCUT2D eigenvalue weighted by molar-refractivity contribution is 0.439. The molecule has 0 aliphatic carbocycles. The second-order valence-corrected chi connectivity index (χ2v) is 3.72. The topological polar surface area (TPSA) is 46.3 Å². The van der Waals surface area contributed by atoms with Crippen molar-refractivity contribution >= 4 is 10.9 Å². The van der Waals surface area contributed by atoms with Gasteiger partial charge in [-0.3, -0.25) is 0 Å². The van der Waals surface area contributed by atoms with Crippen LogP contribution in [0, 0.1) is 5.82 Å². The van der Waals surface area contributed by atoms with Crippen molar-refractivity contribution in [2.75, 3.05) is 0 Å². The van der Waals surface area contributed by atoms with E-state index in [0.717, 1.165) is 5.39 Å². The second kappa shape index (κ2) is 3.59. The molecule has 0 atom stereocenters. The van der Waals surface area contributed by atoms with Gasteiger partial charge in [0.2, 0.25) is 0 Å². The molecule has 2 aromatic carbocycles. The van der Waals surface area contributed by atoms with Crippen LogP contribution in [0.5, 0.6) is 5.75 Å². The Balaban J connectivity index is 2.24. The maximum absolute atomic E-state index is 13.1. The summed E-state index contributed by atoms with van der Waals surface area (Å²) in [6.07, 6.45) is 0. The summed E-state index contributed by atoms with van der Waals surface area (Å²) < 4.78 is 18.3. The Labute approximate surface area is 96.1 Å². The van der Waals surface area contributed by atoms with Crippen molar-refractivity contribution in [3.05, 3.63) is 48.3 Å². The van der Waals surface area contributed by atoms with E-state index in [1.54, 1.807) is 24.3 Å². The predicted octanol–water partition coefficient (Wildman–Crippen LogP) is 3.34. The van der Waals surface area contributed by atoms with Gasteiger partial charge in [0.15, 0.2) is 5.76 Å². The number of hydrogen-bond donors (Lipinski definition) is 1. The van der Waals surface area contributed by atoms with Gasteiger partial charge in [-0.25, -0.2) is 4.39 Å². The lowest BCUT2D eigenvalue weighted by atomic mass is 10.1. The molecule has 0 aliphatic heterocycles. The number of halogens is 1. The largest absolute Gasteiger partial charge is 0.508 e. The fraction of sp³-hybridized carbons (Fsp3) is 0. The summed E-state index contributed by atoms with van der Waals surface area (Å²) >= 11 is 0. The SMILES string of the molecule is Oc1ccc2c(-c3cccc(F)c3)onc2c1. The highest BCUT2D eigenvalue weighted by Crippen LogP contribution is 2.30. The van der Waals surface area contributed by atoms with Gasteiger partial charge in [0.05, 0.1) is 0 Å². The van der Waals surface area contributed by atoms with Crippen LogP contribution in [-0.4, -0.2) is 10.3 Å². The first-order valence-electron chi connectivity index (χ1n) is 5.08. The van der Waals surface area contributed by atoms with E-state index >= 15 is 0 Å². The highest BCUT2D eigenvalue weighted by atomic mass is 19.1. The fourth-order valence-electron chi connectivity index (χ4n) is 1.77. The van der Waals surface area contributed by atoms with E-state index in [1.807, 2.05) is 0 Å². The molecular weight excluding hydrogens is 221 g/mol. The summed E-state index contributed by atoms with van der Waals surface area (Å²) in [6, 6.07) is 10.8. The summed E-state index contributed by atoms with van der Waals surface area (Å²) in [6.45, 7) is 0. The Bertz CT molecular complexity index is 691. The standard InChI is InChI=1S/C13H8FNO2/c14-9-3-1-2-8(6-9)13-11-5-4-10(16)7-12(11)15-17-13/h1-7,16H. The van der Waals surface area contributed by atoms with Crippen molar-refractivity contribution in [2.24, 2.45) is 0 Å². The maximum Gasteiger partial charge on any atom is 0.174 e. The van der Waals surface area contributed by atoms with Crippen LogP contribution in [0.3, 0.4) is 0 Å². The van der Waals surface area contributed by atoms with Crippen LogP contribution in [0.15, 0.2) is 47.0 Å². The van der Waals surface area contributed by atoms with Gasteiger partial charge in [0, 0.05) is 17.0 Å². The Hall–Kier alpha value is -2.36. The van der Waals surface area contributed by atoms with Gasteiger partial charge < -0.3 is 9.63 Å². The van der Waals surface area contributed by atoms with Crippen molar-refractivity contribution in [3.63, 3.8) is 0 Å². The number of phenolic OH excluding ortho intramolecular Hbond substituents is 1. The Morgan fingerprint density at radius 2 is 2.00 bits per heavy atom. The number of nitrogens with zero attached hydrogens (tertiary/aromatic N) is 1. The summed E-state index contributed by atoms with van der Waals surface area (Å²) in [4.78, 5) is 0. The van der Waals surface area contributed by atoms with Crippen molar-refractivity contribution in [1.82, 2.24) is 5.16 Å². The van der Waals surface area contributed by atoms with Crippen molar-refractivity contribution in [2.45, 2.75) is 0 Å². The molecule has 1 heterocycles. The van der Waals surface area contributed by atoms with Gasteiger partial charge in [-0.1, -0.05) is 17.3 Å². The zero-order valence-electron chi connectivity index (χ0n) is 8.72. The molecule has 0 bridgehead atoms. The molecule has 0 spiro atoms. The Morgan fingerprint density at radius 3 is 2.82 bits per heavy atom. The van der Waals surface area contributed by atoms with Gasteiger partial charge in [-0.2, -0.15) is 0 Å². The van der Waals surface area contributed by atoms with Gasteiger partial charge in [-0.05, 0) is 24.3 Å². The second-order valence-electron chi connectivity index (χ2n) is 3.72. The Morgan fingerprint density at radius 1 is 1.12 bits per heavy atom. The molecule has 0 radical (unpaired) electrons. The molecule has 84 valence electrons. The molecule has 3 rings (SSSR count). The fourth-order valence-corrected chi connectivity index (χ4v) is 1.77. The molecule has 17 heavy (non-hydrogen) atoms. The first-order chi connectivity index (χ1) is 8.24. The minimum absolute atomic E-state index is 0.122. The number of phenols is 1. The molecule has 1 aromatic heterocycles. The smallest absolute Gasteiger partial charge is 0.174 e. The molecular formula is C13H8FNO2. The monoisotopic (exact) mass is 229 g/mol. The van der Waals surface area contributed by atoms with E-state index in [2.05, 4.69) is 5.16 Å². The number of rotatable bonds is 1. The molecule has 0 aliphatic rings. The van der Waals surface area contributed by atoms with Gasteiger partial charge in [0.1, 0.15) is 17.1 Å². The van der Waals surface area contributed by atoms with E-state index < -0.39 is 0 Å². The molecule has 0 saturated carbocycles. The molecule has 3 nitrogen and oxygen atoms in total. The van der Waals surface area contributed by atoms with Crippen LogP contribution >= 0.6 is 0 Å². The van der Waals surface area contributed by atoms with E-state index in [9.17, 15) is 9.50 Å². The van der Waals surface area contributed by atoms with Gasteiger partial charge in [-0.15, -0.1) is 0 Å². The minimum atomic E-state index is -0.328. The maximum atomic E-state index is 13.1. The Kier molecular flexibility index (Phi) is 2.08.